The minimum absolute atomic E-state index is 0.0415. The largest absolute Gasteiger partial charge is 0.325 e. The summed E-state index contributed by atoms with van der Waals surface area (Å²) in [6.45, 7) is 1.41. The molecule has 2 amide bonds. The molecule has 0 aliphatic heterocycles. The molecule has 0 spiro atoms. The maximum atomic E-state index is 13.0. The number of rotatable bonds is 5. The maximum Gasteiger partial charge on any atom is 0.294 e. The van der Waals surface area contributed by atoms with E-state index >= 15 is 0 Å². The van der Waals surface area contributed by atoms with Gasteiger partial charge in [-0.3, -0.25) is 23.9 Å². The van der Waals surface area contributed by atoms with Crippen molar-refractivity contribution in [3.8, 4) is 0 Å². The van der Waals surface area contributed by atoms with Crippen molar-refractivity contribution in [3.63, 3.8) is 0 Å². The fourth-order valence-corrected chi connectivity index (χ4v) is 2.79. The first kappa shape index (κ1) is 19.2. The van der Waals surface area contributed by atoms with Crippen LogP contribution in [0, 0.1) is 5.82 Å². The number of anilines is 2. The second-order valence-electron chi connectivity index (χ2n) is 6.18. The van der Waals surface area contributed by atoms with Gasteiger partial charge in [-0.05, 0) is 36.4 Å². The van der Waals surface area contributed by atoms with Crippen molar-refractivity contribution in [2.45, 2.75) is 19.9 Å². The van der Waals surface area contributed by atoms with E-state index in [-0.39, 0.29) is 24.7 Å². The third-order valence-electron chi connectivity index (χ3n) is 4.26. The summed E-state index contributed by atoms with van der Waals surface area (Å²) in [6, 6.07) is 12.2. The van der Waals surface area contributed by atoms with Gasteiger partial charge in [0.25, 0.3) is 5.56 Å². The van der Waals surface area contributed by atoms with Crippen molar-refractivity contribution < 1.29 is 14.0 Å². The minimum Gasteiger partial charge on any atom is -0.325 e. The van der Waals surface area contributed by atoms with Gasteiger partial charge in [0, 0.05) is 19.2 Å². The Labute approximate surface area is 160 Å². The smallest absolute Gasteiger partial charge is 0.294 e. The molecule has 0 bridgehead atoms. The lowest BCUT2D eigenvalue weighted by atomic mass is 10.2. The molecule has 3 aromatic rings. The number of benzene rings is 2. The highest BCUT2D eigenvalue weighted by Gasteiger charge is 2.19. The summed E-state index contributed by atoms with van der Waals surface area (Å²) in [4.78, 5) is 43.0. The molecule has 0 aliphatic carbocycles. The first-order valence-electron chi connectivity index (χ1n) is 8.72. The molecule has 1 aromatic heterocycles. The highest BCUT2D eigenvalue weighted by molar-refractivity contribution is 5.94. The third kappa shape index (κ3) is 3.90. The van der Waals surface area contributed by atoms with Gasteiger partial charge in [0.2, 0.25) is 17.6 Å². The second-order valence-corrected chi connectivity index (χ2v) is 6.18. The molecule has 144 valence electrons. The molecule has 0 aliphatic rings. The number of nitrogens with one attached hydrogen (secondary N) is 1. The standard InChI is InChI=1S/C20H19FN4O3/c1-3-18(27)24(2)19-20(28)25(16-7-5-4-6-15(16)23-19)12-17(26)22-14-10-8-13(21)9-11-14/h4-11H,3,12H2,1-2H3,(H,22,26). The van der Waals surface area contributed by atoms with Gasteiger partial charge in [0.05, 0.1) is 11.0 Å². The Hall–Kier alpha value is -3.55. The second kappa shape index (κ2) is 7.99. The van der Waals surface area contributed by atoms with Crippen LogP contribution in [0.15, 0.2) is 53.3 Å². The topological polar surface area (TPSA) is 84.3 Å². The molecular weight excluding hydrogens is 363 g/mol. The zero-order valence-electron chi connectivity index (χ0n) is 15.5. The van der Waals surface area contributed by atoms with Crippen molar-refractivity contribution >= 4 is 34.4 Å². The van der Waals surface area contributed by atoms with Crippen LogP contribution in [0.1, 0.15) is 13.3 Å². The van der Waals surface area contributed by atoms with E-state index in [1.807, 2.05) is 0 Å². The molecule has 28 heavy (non-hydrogen) atoms. The van der Waals surface area contributed by atoms with Gasteiger partial charge in [-0.1, -0.05) is 19.1 Å². The maximum absolute atomic E-state index is 13.0. The van der Waals surface area contributed by atoms with E-state index in [0.717, 1.165) is 0 Å². The average Bonchev–Trinajstić information content (AvgIpc) is 2.70. The zero-order chi connectivity index (χ0) is 20.3. The fourth-order valence-electron chi connectivity index (χ4n) is 2.79. The fraction of sp³-hybridized carbons (Fsp3) is 0.200. The average molecular weight is 382 g/mol. The molecule has 3 rings (SSSR count). The summed E-state index contributed by atoms with van der Waals surface area (Å²) in [5, 5.41) is 2.63. The van der Waals surface area contributed by atoms with E-state index in [1.54, 1.807) is 31.2 Å². The Morgan fingerprint density at radius 2 is 1.82 bits per heavy atom. The molecule has 0 fully saturated rings. The molecular formula is C20H19FN4O3. The zero-order valence-corrected chi connectivity index (χ0v) is 15.5. The lowest BCUT2D eigenvalue weighted by Crippen LogP contribution is -2.36. The molecule has 1 heterocycles. The Balaban J connectivity index is 2.00. The van der Waals surface area contributed by atoms with Crippen LogP contribution >= 0.6 is 0 Å². The van der Waals surface area contributed by atoms with Crippen molar-refractivity contribution in [1.82, 2.24) is 9.55 Å². The molecule has 8 heteroatoms. The van der Waals surface area contributed by atoms with Crippen LogP contribution in [0.3, 0.4) is 0 Å². The Morgan fingerprint density at radius 1 is 1.14 bits per heavy atom. The van der Waals surface area contributed by atoms with Gasteiger partial charge < -0.3 is 5.32 Å². The van der Waals surface area contributed by atoms with Crippen molar-refractivity contribution in [2.75, 3.05) is 17.3 Å². The van der Waals surface area contributed by atoms with Crippen LogP contribution in [0.25, 0.3) is 11.0 Å². The molecule has 0 atom stereocenters. The normalized spacial score (nSPS) is 10.7. The first-order chi connectivity index (χ1) is 13.4. The highest BCUT2D eigenvalue weighted by atomic mass is 19.1. The Kier molecular flexibility index (Phi) is 5.49. The van der Waals surface area contributed by atoms with Gasteiger partial charge in [-0.2, -0.15) is 0 Å². The summed E-state index contributed by atoms with van der Waals surface area (Å²) in [5.41, 5.74) is 0.832. The molecule has 0 radical (unpaired) electrons. The first-order valence-corrected chi connectivity index (χ1v) is 8.72. The van der Waals surface area contributed by atoms with Crippen molar-refractivity contribution in [2.24, 2.45) is 0 Å². The van der Waals surface area contributed by atoms with Gasteiger partial charge in [-0.25, -0.2) is 9.37 Å². The van der Waals surface area contributed by atoms with Crippen molar-refractivity contribution in [3.05, 3.63) is 64.7 Å². The predicted octanol–water partition coefficient (Wildman–Crippen LogP) is 2.55. The Morgan fingerprint density at radius 3 is 2.50 bits per heavy atom. The van der Waals surface area contributed by atoms with Gasteiger partial charge in [0.15, 0.2) is 0 Å². The van der Waals surface area contributed by atoms with E-state index in [1.165, 1.54) is 40.8 Å². The highest BCUT2D eigenvalue weighted by Crippen LogP contribution is 2.15. The van der Waals surface area contributed by atoms with Gasteiger partial charge >= 0.3 is 0 Å². The minimum atomic E-state index is -0.544. The molecule has 1 N–H and O–H groups in total. The number of carbonyl (C=O) groups excluding carboxylic acids is 2. The van der Waals surface area contributed by atoms with E-state index < -0.39 is 17.3 Å². The van der Waals surface area contributed by atoms with E-state index in [0.29, 0.717) is 16.7 Å². The number of nitrogens with zero attached hydrogens (tertiary/aromatic N) is 3. The monoisotopic (exact) mass is 382 g/mol. The molecule has 2 aromatic carbocycles. The third-order valence-corrected chi connectivity index (χ3v) is 4.26. The predicted molar refractivity (Wildman–Crippen MR) is 105 cm³/mol. The van der Waals surface area contributed by atoms with Crippen LogP contribution in [0.2, 0.25) is 0 Å². The SMILES string of the molecule is CCC(=O)N(C)c1nc2ccccc2n(CC(=O)Nc2ccc(F)cc2)c1=O. The number of hydrogen-bond acceptors (Lipinski definition) is 4. The number of halogens is 1. The summed E-state index contributed by atoms with van der Waals surface area (Å²) >= 11 is 0. The lowest BCUT2D eigenvalue weighted by Gasteiger charge is -2.18. The van der Waals surface area contributed by atoms with Crippen molar-refractivity contribution in [1.29, 1.82) is 0 Å². The van der Waals surface area contributed by atoms with Crippen LogP contribution in [0.4, 0.5) is 15.9 Å². The number of carbonyl (C=O) groups is 2. The van der Waals surface area contributed by atoms with Crippen LogP contribution < -0.4 is 15.8 Å². The summed E-state index contributed by atoms with van der Waals surface area (Å²) < 4.78 is 14.3. The molecule has 0 saturated heterocycles. The van der Waals surface area contributed by atoms with Gasteiger partial charge in [-0.15, -0.1) is 0 Å². The van der Waals surface area contributed by atoms with E-state index in [2.05, 4.69) is 10.3 Å². The van der Waals surface area contributed by atoms with E-state index in [4.69, 9.17) is 0 Å². The number of para-hydroxylation sites is 2. The lowest BCUT2D eigenvalue weighted by molar-refractivity contribution is -0.118. The molecule has 0 saturated carbocycles. The number of aromatic nitrogens is 2. The summed E-state index contributed by atoms with van der Waals surface area (Å²) in [5.74, 6) is -1.18. The number of hydrogen-bond donors (Lipinski definition) is 1. The summed E-state index contributed by atoms with van der Waals surface area (Å²) in [7, 11) is 1.48. The van der Waals surface area contributed by atoms with Gasteiger partial charge in [0.1, 0.15) is 12.4 Å². The molecule has 7 nitrogen and oxygen atoms in total. The molecule has 0 unspecified atom stereocenters. The number of fused-ring (bicyclic) bond motifs is 1. The summed E-state index contributed by atoms with van der Waals surface area (Å²) in [6.07, 6.45) is 0.218. The van der Waals surface area contributed by atoms with Crippen LogP contribution in [-0.4, -0.2) is 28.4 Å². The number of amides is 2. The Bertz CT molecular complexity index is 1090. The quantitative estimate of drug-likeness (QED) is 0.735. The van der Waals surface area contributed by atoms with Crippen LogP contribution in [0.5, 0.6) is 0 Å². The van der Waals surface area contributed by atoms with E-state index in [9.17, 15) is 18.8 Å². The van der Waals surface area contributed by atoms with Crippen LogP contribution in [-0.2, 0) is 16.1 Å².